The van der Waals surface area contributed by atoms with E-state index >= 15 is 0 Å². The van der Waals surface area contributed by atoms with E-state index in [1.165, 1.54) is 0 Å². The highest BCUT2D eigenvalue weighted by Gasteiger charge is 2.31. The summed E-state index contributed by atoms with van der Waals surface area (Å²) in [4.78, 5) is 8.51. The molecule has 0 radical (unpaired) electrons. The minimum absolute atomic E-state index is 0.0461. The topological polar surface area (TPSA) is 81.3 Å². The van der Waals surface area contributed by atoms with Crippen molar-refractivity contribution in [1.82, 2.24) is 15.1 Å². The van der Waals surface area contributed by atoms with Crippen molar-refractivity contribution in [2.45, 2.75) is 18.4 Å². The summed E-state index contributed by atoms with van der Waals surface area (Å²) in [5.41, 5.74) is 0.986. The number of hydrogen-bond acceptors (Lipinski definition) is 7. The van der Waals surface area contributed by atoms with E-state index in [0.717, 1.165) is 17.1 Å². The maximum Gasteiger partial charge on any atom is 0.233 e. The fourth-order valence-electron chi connectivity index (χ4n) is 2.09. The van der Waals surface area contributed by atoms with Gasteiger partial charge in [-0.3, -0.25) is 0 Å². The van der Waals surface area contributed by atoms with E-state index in [9.17, 15) is 5.11 Å². The van der Waals surface area contributed by atoms with Crippen LogP contribution < -0.4 is 4.74 Å². The Kier molecular flexibility index (Phi) is 3.88. The number of aromatic nitrogens is 3. The average Bonchev–Trinajstić information content (AvgIpc) is 3.08. The van der Waals surface area contributed by atoms with Crippen LogP contribution in [0.2, 0.25) is 0 Å². The molecule has 0 saturated carbocycles. The molecule has 0 spiro atoms. The number of pyridine rings is 1. The number of hydrogen-bond donors (Lipinski definition) is 1. The van der Waals surface area contributed by atoms with Gasteiger partial charge >= 0.3 is 0 Å². The SMILES string of the molecule is COc1ccc(Cc2noc(C3CSCC3O)n2)cn1. The monoisotopic (exact) mass is 293 g/mol. The van der Waals surface area contributed by atoms with Crippen LogP contribution >= 0.6 is 11.8 Å². The summed E-state index contributed by atoms with van der Waals surface area (Å²) in [6.07, 6.45) is 1.89. The van der Waals surface area contributed by atoms with Crippen LogP contribution in [0.25, 0.3) is 0 Å². The third-order valence-electron chi connectivity index (χ3n) is 3.22. The first-order valence-electron chi connectivity index (χ1n) is 6.33. The largest absolute Gasteiger partial charge is 0.481 e. The summed E-state index contributed by atoms with van der Waals surface area (Å²) in [6.45, 7) is 0. The second-order valence-electron chi connectivity index (χ2n) is 4.65. The summed E-state index contributed by atoms with van der Waals surface area (Å²) >= 11 is 1.70. The Labute approximate surface area is 120 Å². The highest BCUT2D eigenvalue weighted by atomic mass is 32.2. The number of aliphatic hydroxyl groups excluding tert-OH is 1. The Morgan fingerprint density at radius 2 is 2.35 bits per heavy atom. The second-order valence-corrected chi connectivity index (χ2v) is 5.72. The van der Waals surface area contributed by atoms with Crippen LogP contribution in [0.1, 0.15) is 23.2 Å². The van der Waals surface area contributed by atoms with Gasteiger partial charge in [-0.2, -0.15) is 16.7 Å². The average molecular weight is 293 g/mol. The predicted molar refractivity (Wildman–Crippen MR) is 74.0 cm³/mol. The molecule has 1 aliphatic heterocycles. The van der Waals surface area contributed by atoms with E-state index in [1.807, 2.05) is 6.07 Å². The van der Waals surface area contributed by atoms with E-state index in [0.29, 0.717) is 24.0 Å². The molecule has 0 amide bonds. The van der Waals surface area contributed by atoms with Gasteiger partial charge in [-0.05, 0) is 5.56 Å². The molecular weight excluding hydrogens is 278 g/mol. The molecule has 7 heteroatoms. The summed E-state index contributed by atoms with van der Waals surface area (Å²) in [5.74, 6) is 3.22. The molecule has 1 saturated heterocycles. The fraction of sp³-hybridized carbons (Fsp3) is 0.462. The van der Waals surface area contributed by atoms with Gasteiger partial charge in [-0.1, -0.05) is 11.2 Å². The first-order valence-corrected chi connectivity index (χ1v) is 7.49. The zero-order chi connectivity index (χ0) is 13.9. The van der Waals surface area contributed by atoms with Crippen molar-refractivity contribution in [2.75, 3.05) is 18.6 Å². The smallest absolute Gasteiger partial charge is 0.233 e. The molecule has 2 aromatic rings. The quantitative estimate of drug-likeness (QED) is 0.908. The number of methoxy groups -OCH3 is 1. The predicted octanol–water partition coefficient (Wildman–Crippen LogP) is 1.26. The molecule has 0 bridgehead atoms. The van der Waals surface area contributed by atoms with Crippen LogP contribution in [0.15, 0.2) is 22.9 Å². The Hall–Kier alpha value is -1.60. The van der Waals surface area contributed by atoms with Crippen LogP contribution in [-0.4, -0.2) is 45.0 Å². The number of nitrogens with zero attached hydrogens (tertiary/aromatic N) is 3. The molecule has 1 N–H and O–H groups in total. The Bertz CT molecular complexity index is 572. The molecule has 0 aliphatic carbocycles. The minimum Gasteiger partial charge on any atom is -0.481 e. The molecular formula is C13H15N3O3S. The summed E-state index contributed by atoms with van der Waals surface area (Å²) in [5, 5.41) is 13.8. The molecule has 3 rings (SSSR count). The van der Waals surface area contributed by atoms with E-state index in [-0.39, 0.29) is 5.92 Å². The van der Waals surface area contributed by atoms with Crippen molar-refractivity contribution < 1.29 is 14.4 Å². The van der Waals surface area contributed by atoms with Gasteiger partial charge < -0.3 is 14.4 Å². The third-order valence-corrected chi connectivity index (χ3v) is 4.39. The number of thioether (sulfide) groups is 1. The molecule has 106 valence electrons. The van der Waals surface area contributed by atoms with Crippen molar-refractivity contribution in [3.8, 4) is 5.88 Å². The highest BCUT2D eigenvalue weighted by Crippen LogP contribution is 2.31. The maximum absolute atomic E-state index is 9.83. The molecule has 20 heavy (non-hydrogen) atoms. The molecule has 1 fully saturated rings. The van der Waals surface area contributed by atoms with E-state index in [2.05, 4.69) is 15.1 Å². The van der Waals surface area contributed by atoms with Gasteiger partial charge in [0.2, 0.25) is 11.8 Å². The third kappa shape index (κ3) is 2.78. The van der Waals surface area contributed by atoms with Crippen molar-refractivity contribution in [3.63, 3.8) is 0 Å². The van der Waals surface area contributed by atoms with E-state index in [4.69, 9.17) is 9.26 Å². The van der Waals surface area contributed by atoms with Gasteiger partial charge in [0, 0.05) is 30.2 Å². The van der Waals surface area contributed by atoms with E-state index < -0.39 is 6.10 Å². The van der Waals surface area contributed by atoms with Gasteiger partial charge in [-0.15, -0.1) is 0 Å². The summed E-state index contributed by atoms with van der Waals surface area (Å²) < 4.78 is 10.3. The summed E-state index contributed by atoms with van der Waals surface area (Å²) in [7, 11) is 1.58. The van der Waals surface area contributed by atoms with Crippen LogP contribution in [0.5, 0.6) is 5.88 Å². The van der Waals surface area contributed by atoms with Crippen molar-refractivity contribution in [2.24, 2.45) is 0 Å². The fourth-order valence-corrected chi connectivity index (χ4v) is 3.32. The number of ether oxygens (including phenoxy) is 1. The molecule has 2 unspecified atom stereocenters. The first-order chi connectivity index (χ1) is 9.76. The molecule has 6 nitrogen and oxygen atoms in total. The Balaban J connectivity index is 1.70. The zero-order valence-electron chi connectivity index (χ0n) is 11.0. The molecule has 3 heterocycles. The standard InChI is InChI=1S/C13H15N3O3S/c1-18-12-3-2-8(5-14-12)4-11-15-13(19-16-11)9-6-20-7-10(9)17/h2-3,5,9-10,17H,4,6-7H2,1H3. The normalized spacial score (nSPS) is 22.1. The molecule has 2 atom stereocenters. The van der Waals surface area contributed by atoms with Crippen LogP contribution in [0.3, 0.4) is 0 Å². The van der Waals surface area contributed by atoms with Gasteiger partial charge in [0.05, 0.1) is 19.1 Å². The van der Waals surface area contributed by atoms with Gasteiger partial charge in [0.1, 0.15) is 0 Å². The lowest BCUT2D eigenvalue weighted by Crippen LogP contribution is -2.15. The Morgan fingerprint density at radius 1 is 1.45 bits per heavy atom. The number of rotatable bonds is 4. The molecule has 0 aromatic carbocycles. The lowest BCUT2D eigenvalue weighted by atomic mass is 10.1. The lowest BCUT2D eigenvalue weighted by Gasteiger charge is -2.06. The highest BCUT2D eigenvalue weighted by molar-refractivity contribution is 7.99. The van der Waals surface area contributed by atoms with Crippen molar-refractivity contribution in [3.05, 3.63) is 35.6 Å². The van der Waals surface area contributed by atoms with Crippen molar-refractivity contribution >= 4 is 11.8 Å². The molecule has 1 aliphatic rings. The van der Waals surface area contributed by atoms with Crippen LogP contribution in [0, 0.1) is 0 Å². The van der Waals surface area contributed by atoms with Gasteiger partial charge in [0.25, 0.3) is 0 Å². The van der Waals surface area contributed by atoms with Crippen molar-refractivity contribution in [1.29, 1.82) is 0 Å². The first kappa shape index (κ1) is 13.4. The minimum atomic E-state index is -0.393. The summed E-state index contributed by atoms with van der Waals surface area (Å²) in [6, 6.07) is 3.72. The zero-order valence-corrected chi connectivity index (χ0v) is 11.8. The van der Waals surface area contributed by atoms with E-state index in [1.54, 1.807) is 31.1 Å². The number of aliphatic hydroxyl groups is 1. The second kappa shape index (κ2) is 5.80. The van der Waals surface area contributed by atoms with Gasteiger partial charge in [0.15, 0.2) is 5.82 Å². The maximum atomic E-state index is 9.83. The lowest BCUT2D eigenvalue weighted by molar-refractivity contribution is 0.164. The Morgan fingerprint density at radius 3 is 3.00 bits per heavy atom. The van der Waals surface area contributed by atoms with Gasteiger partial charge in [-0.25, -0.2) is 4.98 Å². The van der Waals surface area contributed by atoms with Crippen LogP contribution in [-0.2, 0) is 6.42 Å². The molecule has 2 aromatic heterocycles. The van der Waals surface area contributed by atoms with Crippen LogP contribution in [0.4, 0.5) is 0 Å².